The Bertz CT molecular complexity index is 765. The van der Waals surface area contributed by atoms with Crippen LogP contribution in [-0.4, -0.2) is 77.9 Å². The summed E-state index contributed by atoms with van der Waals surface area (Å²) in [6, 6.07) is 8.13. The lowest BCUT2D eigenvalue weighted by Gasteiger charge is -2.36. The number of likely N-dealkylation sites (tertiary alicyclic amines) is 1. The molecule has 0 saturated carbocycles. The summed E-state index contributed by atoms with van der Waals surface area (Å²) >= 11 is 0. The number of carbonyl (C=O) groups excluding carboxylic acids is 3. The van der Waals surface area contributed by atoms with E-state index in [1.807, 2.05) is 41.0 Å². The van der Waals surface area contributed by atoms with E-state index in [-0.39, 0.29) is 36.2 Å². The normalized spacial score (nSPS) is 25.0. The molecule has 7 nitrogen and oxygen atoms in total. The fraction of sp³-hybridized carbons (Fsp3) is 0.591. The zero-order valence-corrected chi connectivity index (χ0v) is 17.0. The minimum absolute atomic E-state index is 0.0361. The van der Waals surface area contributed by atoms with Gasteiger partial charge in [0, 0.05) is 52.3 Å². The molecule has 0 spiro atoms. The second-order valence-corrected chi connectivity index (χ2v) is 8.31. The minimum atomic E-state index is -0.306. The van der Waals surface area contributed by atoms with Gasteiger partial charge in [-0.25, -0.2) is 0 Å². The summed E-state index contributed by atoms with van der Waals surface area (Å²) in [5.41, 5.74) is 2.27. The summed E-state index contributed by atoms with van der Waals surface area (Å²) in [6.07, 6.45) is 1.70. The summed E-state index contributed by atoms with van der Waals surface area (Å²) in [7, 11) is 0. The van der Waals surface area contributed by atoms with Gasteiger partial charge in [-0.1, -0.05) is 29.8 Å². The van der Waals surface area contributed by atoms with Gasteiger partial charge in [-0.2, -0.15) is 0 Å². The smallest absolute Gasteiger partial charge is 0.251 e. The van der Waals surface area contributed by atoms with E-state index in [0.29, 0.717) is 45.9 Å². The number of ether oxygens (including phenoxy) is 1. The Labute approximate surface area is 171 Å². The standard InChI is InChI=1S/C22H29N3O4/c1-16-4-6-17(7-5-16)14-25-15-18(13-20(25)26)21(27)23-8-10-24(11-9-23)22(28)19-3-2-12-29-19/h4-7,18-19H,2-3,8-15H2,1H3/t18-,19+/m1/s1. The Morgan fingerprint density at radius 1 is 1.03 bits per heavy atom. The van der Waals surface area contributed by atoms with Crippen LogP contribution in [0.1, 0.15) is 30.4 Å². The first-order valence-electron chi connectivity index (χ1n) is 10.5. The van der Waals surface area contributed by atoms with Crippen LogP contribution < -0.4 is 0 Å². The first kappa shape index (κ1) is 19.9. The molecule has 29 heavy (non-hydrogen) atoms. The summed E-state index contributed by atoms with van der Waals surface area (Å²) in [5.74, 6) is -0.159. The molecule has 7 heteroatoms. The molecule has 3 fully saturated rings. The summed E-state index contributed by atoms with van der Waals surface area (Å²) in [6.45, 7) is 5.85. The van der Waals surface area contributed by atoms with Gasteiger partial charge < -0.3 is 19.4 Å². The molecule has 3 saturated heterocycles. The van der Waals surface area contributed by atoms with Crippen molar-refractivity contribution in [2.45, 2.75) is 38.8 Å². The van der Waals surface area contributed by atoms with Crippen LogP contribution in [0.2, 0.25) is 0 Å². The average molecular weight is 399 g/mol. The van der Waals surface area contributed by atoms with Crippen LogP contribution in [0, 0.1) is 12.8 Å². The Morgan fingerprint density at radius 3 is 2.31 bits per heavy atom. The number of hydrogen-bond acceptors (Lipinski definition) is 4. The van der Waals surface area contributed by atoms with Gasteiger partial charge in [0.2, 0.25) is 11.8 Å². The van der Waals surface area contributed by atoms with Crippen LogP contribution in [0.4, 0.5) is 0 Å². The Morgan fingerprint density at radius 2 is 1.69 bits per heavy atom. The molecule has 1 aromatic carbocycles. The molecule has 1 aromatic rings. The van der Waals surface area contributed by atoms with Crippen LogP contribution in [0.25, 0.3) is 0 Å². The van der Waals surface area contributed by atoms with Crippen molar-refractivity contribution in [3.8, 4) is 0 Å². The summed E-state index contributed by atoms with van der Waals surface area (Å²) in [5, 5.41) is 0. The van der Waals surface area contributed by atoms with E-state index >= 15 is 0 Å². The van der Waals surface area contributed by atoms with E-state index in [4.69, 9.17) is 4.74 Å². The van der Waals surface area contributed by atoms with Crippen LogP contribution in [0.3, 0.4) is 0 Å². The molecular weight excluding hydrogens is 370 g/mol. The molecule has 3 heterocycles. The van der Waals surface area contributed by atoms with Gasteiger partial charge in [0.25, 0.3) is 5.91 Å². The van der Waals surface area contributed by atoms with Crippen molar-refractivity contribution >= 4 is 17.7 Å². The number of hydrogen-bond donors (Lipinski definition) is 0. The Balaban J connectivity index is 1.28. The molecule has 0 bridgehead atoms. The number of carbonyl (C=O) groups is 3. The van der Waals surface area contributed by atoms with Crippen LogP contribution >= 0.6 is 0 Å². The topological polar surface area (TPSA) is 70.2 Å². The highest BCUT2D eigenvalue weighted by Gasteiger charge is 2.38. The lowest BCUT2D eigenvalue weighted by molar-refractivity contribution is -0.147. The Kier molecular flexibility index (Phi) is 5.85. The number of aryl methyl sites for hydroxylation is 1. The molecule has 0 radical (unpaired) electrons. The van der Waals surface area contributed by atoms with Crippen molar-refractivity contribution in [3.05, 3.63) is 35.4 Å². The monoisotopic (exact) mass is 399 g/mol. The highest BCUT2D eigenvalue weighted by Crippen LogP contribution is 2.23. The molecule has 156 valence electrons. The molecule has 3 aliphatic heterocycles. The van der Waals surface area contributed by atoms with E-state index in [0.717, 1.165) is 18.4 Å². The first-order valence-corrected chi connectivity index (χ1v) is 10.5. The van der Waals surface area contributed by atoms with Crippen molar-refractivity contribution in [3.63, 3.8) is 0 Å². The fourth-order valence-electron chi connectivity index (χ4n) is 4.39. The molecule has 3 aliphatic rings. The SMILES string of the molecule is Cc1ccc(CN2C[C@H](C(=O)N3CCN(C(=O)[C@@H]4CCCO4)CC3)CC2=O)cc1. The van der Waals surface area contributed by atoms with Gasteiger partial charge in [0.1, 0.15) is 6.10 Å². The van der Waals surface area contributed by atoms with E-state index in [1.54, 1.807) is 4.90 Å². The van der Waals surface area contributed by atoms with Crippen LogP contribution in [0.5, 0.6) is 0 Å². The number of piperazine rings is 1. The predicted octanol–water partition coefficient (Wildman–Crippen LogP) is 1.19. The van der Waals surface area contributed by atoms with Gasteiger partial charge in [-0.15, -0.1) is 0 Å². The van der Waals surface area contributed by atoms with Gasteiger partial charge >= 0.3 is 0 Å². The maximum absolute atomic E-state index is 12.9. The third kappa shape index (κ3) is 4.45. The molecule has 0 unspecified atom stereocenters. The molecule has 4 rings (SSSR count). The first-order chi connectivity index (χ1) is 14.0. The van der Waals surface area contributed by atoms with Crippen molar-refractivity contribution in [2.24, 2.45) is 5.92 Å². The van der Waals surface area contributed by atoms with Crippen molar-refractivity contribution < 1.29 is 19.1 Å². The van der Waals surface area contributed by atoms with E-state index in [1.165, 1.54) is 5.56 Å². The highest BCUT2D eigenvalue weighted by atomic mass is 16.5. The Hall–Kier alpha value is -2.41. The largest absolute Gasteiger partial charge is 0.368 e. The molecule has 2 atom stereocenters. The van der Waals surface area contributed by atoms with Gasteiger partial charge in [-0.05, 0) is 25.3 Å². The fourth-order valence-corrected chi connectivity index (χ4v) is 4.39. The molecule has 0 aliphatic carbocycles. The highest BCUT2D eigenvalue weighted by molar-refractivity contribution is 5.89. The summed E-state index contributed by atoms with van der Waals surface area (Å²) < 4.78 is 5.49. The maximum atomic E-state index is 12.9. The third-order valence-electron chi connectivity index (χ3n) is 6.17. The van der Waals surface area contributed by atoms with Crippen molar-refractivity contribution in [1.29, 1.82) is 0 Å². The molecular formula is C22H29N3O4. The molecule has 0 N–H and O–H groups in total. The lowest BCUT2D eigenvalue weighted by Crippen LogP contribution is -2.54. The van der Waals surface area contributed by atoms with Crippen molar-refractivity contribution in [1.82, 2.24) is 14.7 Å². The zero-order valence-electron chi connectivity index (χ0n) is 17.0. The summed E-state index contributed by atoms with van der Waals surface area (Å²) in [4.78, 5) is 43.2. The number of rotatable bonds is 4. The number of nitrogens with zero attached hydrogens (tertiary/aromatic N) is 3. The second kappa shape index (κ2) is 8.53. The van der Waals surface area contributed by atoms with E-state index in [9.17, 15) is 14.4 Å². The van der Waals surface area contributed by atoms with Gasteiger partial charge in [0.05, 0.1) is 5.92 Å². The van der Waals surface area contributed by atoms with E-state index < -0.39 is 0 Å². The minimum Gasteiger partial charge on any atom is -0.368 e. The van der Waals surface area contributed by atoms with Crippen LogP contribution in [-0.2, 0) is 25.7 Å². The van der Waals surface area contributed by atoms with E-state index in [2.05, 4.69) is 0 Å². The third-order valence-corrected chi connectivity index (χ3v) is 6.17. The molecule has 0 aromatic heterocycles. The quantitative estimate of drug-likeness (QED) is 0.763. The van der Waals surface area contributed by atoms with Crippen LogP contribution in [0.15, 0.2) is 24.3 Å². The lowest BCUT2D eigenvalue weighted by atomic mass is 10.1. The number of amides is 3. The van der Waals surface area contributed by atoms with Gasteiger partial charge in [-0.3, -0.25) is 14.4 Å². The average Bonchev–Trinajstić information content (AvgIpc) is 3.39. The van der Waals surface area contributed by atoms with Crippen molar-refractivity contribution in [2.75, 3.05) is 39.3 Å². The van der Waals surface area contributed by atoms with Gasteiger partial charge in [0.15, 0.2) is 0 Å². The molecule has 3 amide bonds. The second-order valence-electron chi connectivity index (χ2n) is 8.31. The number of benzene rings is 1. The zero-order chi connectivity index (χ0) is 20.4. The predicted molar refractivity (Wildman–Crippen MR) is 107 cm³/mol. The maximum Gasteiger partial charge on any atom is 0.251 e.